The molecular formula is C28H34N2O7. The second kappa shape index (κ2) is 11.5. The van der Waals surface area contributed by atoms with Gasteiger partial charge in [0, 0.05) is 49.2 Å². The Balaban J connectivity index is 1.48. The zero-order chi connectivity index (χ0) is 26.5. The number of methoxy groups -OCH3 is 6. The van der Waals surface area contributed by atoms with Gasteiger partial charge in [-0.2, -0.15) is 0 Å². The Labute approximate surface area is 217 Å². The van der Waals surface area contributed by atoms with E-state index in [9.17, 15) is 4.79 Å². The fourth-order valence-electron chi connectivity index (χ4n) is 4.83. The molecule has 0 unspecified atom stereocenters. The molecule has 1 aliphatic heterocycles. The van der Waals surface area contributed by atoms with Gasteiger partial charge >= 0.3 is 0 Å². The van der Waals surface area contributed by atoms with Crippen LogP contribution in [0.1, 0.15) is 15.9 Å². The zero-order valence-electron chi connectivity index (χ0n) is 22.3. The molecule has 198 valence electrons. The van der Waals surface area contributed by atoms with Crippen molar-refractivity contribution in [2.24, 2.45) is 0 Å². The van der Waals surface area contributed by atoms with Crippen molar-refractivity contribution in [3.8, 4) is 34.5 Å². The van der Waals surface area contributed by atoms with E-state index in [0.717, 1.165) is 29.4 Å². The molecule has 1 fully saturated rings. The predicted molar refractivity (Wildman–Crippen MR) is 141 cm³/mol. The highest BCUT2D eigenvalue weighted by molar-refractivity contribution is 6.01. The van der Waals surface area contributed by atoms with Crippen molar-refractivity contribution in [2.75, 3.05) is 68.8 Å². The molecule has 37 heavy (non-hydrogen) atoms. The average Bonchev–Trinajstić information content (AvgIpc) is 2.95. The molecule has 0 saturated carbocycles. The molecule has 1 aliphatic rings. The first kappa shape index (κ1) is 26.2. The number of fused-ring (bicyclic) bond motifs is 1. The van der Waals surface area contributed by atoms with Crippen molar-refractivity contribution in [1.29, 1.82) is 0 Å². The molecule has 0 aromatic heterocycles. The Morgan fingerprint density at radius 3 is 1.89 bits per heavy atom. The number of ether oxygens (including phenoxy) is 6. The monoisotopic (exact) mass is 510 g/mol. The maximum absolute atomic E-state index is 13.4. The third-order valence-electron chi connectivity index (χ3n) is 6.73. The van der Waals surface area contributed by atoms with E-state index in [4.69, 9.17) is 28.4 Å². The topological polar surface area (TPSA) is 78.9 Å². The Bertz CT molecular complexity index is 1270. The van der Waals surface area contributed by atoms with Crippen molar-refractivity contribution in [1.82, 2.24) is 9.80 Å². The summed E-state index contributed by atoms with van der Waals surface area (Å²) >= 11 is 0. The standard InChI is InChI=1S/C28H34N2O7/c1-32-22-10-8-19(24(34-3)26(22)36-5)17-29-11-13-30(14-12-29)28(31)18-7-9-21-20(15-18)16-23(33-2)27(37-6)25(21)35-4/h7-10,15-16H,11-14,17H2,1-6H3. The van der Waals surface area contributed by atoms with Crippen LogP contribution in [0.3, 0.4) is 0 Å². The van der Waals surface area contributed by atoms with Gasteiger partial charge in [0.25, 0.3) is 5.91 Å². The number of hydrogen-bond acceptors (Lipinski definition) is 8. The molecule has 0 spiro atoms. The molecule has 0 bridgehead atoms. The summed E-state index contributed by atoms with van der Waals surface area (Å²) in [4.78, 5) is 17.6. The first-order valence-corrected chi connectivity index (χ1v) is 12.0. The van der Waals surface area contributed by atoms with Crippen LogP contribution in [0, 0.1) is 0 Å². The van der Waals surface area contributed by atoms with Crippen LogP contribution in [-0.4, -0.2) is 84.5 Å². The van der Waals surface area contributed by atoms with E-state index in [1.165, 1.54) is 0 Å². The third-order valence-corrected chi connectivity index (χ3v) is 6.73. The van der Waals surface area contributed by atoms with Crippen LogP contribution in [-0.2, 0) is 6.54 Å². The summed E-state index contributed by atoms with van der Waals surface area (Å²) in [7, 11) is 9.58. The average molecular weight is 511 g/mol. The van der Waals surface area contributed by atoms with Crippen molar-refractivity contribution in [2.45, 2.75) is 6.54 Å². The molecule has 4 rings (SSSR count). The van der Waals surface area contributed by atoms with Gasteiger partial charge in [-0.25, -0.2) is 0 Å². The van der Waals surface area contributed by atoms with E-state index in [1.54, 1.807) is 42.7 Å². The molecular weight excluding hydrogens is 476 g/mol. The van der Waals surface area contributed by atoms with E-state index in [2.05, 4.69) is 4.90 Å². The minimum atomic E-state index is -0.000927. The number of benzene rings is 3. The van der Waals surface area contributed by atoms with Crippen LogP contribution >= 0.6 is 0 Å². The summed E-state index contributed by atoms with van der Waals surface area (Å²) in [5.74, 6) is 3.53. The molecule has 0 atom stereocenters. The number of rotatable bonds is 9. The first-order chi connectivity index (χ1) is 18.0. The van der Waals surface area contributed by atoms with Gasteiger partial charge in [-0.15, -0.1) is 0 Å². The maximum Gasteiger partial charge on any atom is 0.253 e. The second-order valence-electron chi connectivity index (χ2n) is 8.64. The highest BCUT2D eigenvalue weighted by atomic mass is 16.5. The number of carbonyl (C=O) groups excluding carboxylic acids is 1. The van der Waals surface area contributed by atoms with Gasteiger partial charge in [-0.05, 0) is 35.7 Å². The molecule has 1 saturated heterocycles. The van der Waals surface area contributed by atoms with Crippen molar-refractivity contribution < 1.29 is 33.2 Å². The van der Waals surface area contributed by atoms with Crippen LogP contribution in [0.4, 0.5) is 0 Å². The van der Waals surface area contributed by atoms with Crippen LogP contribution in [0.25, 0.3) is 10.8 Å². The Hall–Kier alpha value is -3.85. The van der Waals surface area contributed by atoms with Gasteiger partial charge < -0.3 is 33.3 Å². The van der Waals surface area contributed by atoms with Crippen LogP contribution in [0.5, 0.6) is 34.5 Å². The van der Waals surface area contributed by atoms with E-state index in [1.807, 2.05) is 41.3 Å². The summed E-state index contributed by atoms with van der Waals surface area (Å²) in [6.07, 6.45) is 0. The molecule has 9 heteroatoms. The molecule has 1 heterocycles. The Morgan fingerprint density at radius 2 is 1.30 bits per heavy atom. The van der Waals surface area contributed by atoms with E-state index in [0.29, 0.717) is 59.7 Å². The largest absolute Gasteiger partial charge is 0.493 e. The fraction of sp³-hybridized carbons (Fsp3) is 0.393. The van der Waals surface area contributed by atoms with Gasteiger partial charge in [0.05, 0.1) is 42.7 Å². The highest BCUT2D eigenvalue weighted by Crippen LogP contribution is 2.43. The SMILES string of the molecule is COc1ccc(CN2CCN(C(=O)c3ccc4c(OC)c(OC)c(OC)cc4c3)CC2)c(OC)c1OC. The number of piperazine rings is 1. The van der Waals surface area contributed by atoms with E-state index in [-0.39, 0.29) is 5.91 Å². The fourth-order valence-corrected chi connectivity index (χ4v) is 4.83. The highest BCUT2D eigenvalue weighted by Gasteiger charge is 2.25. The normalized spacial score (nSPS) is 13.8. The zero-order valence-corrected chi connectivity index (χ0v) is 22.3. The lowest BCUT2D eigenvalue weighted by atomic mass is 10.0. The summed E-state index contributed by atoms with van der Waals surface area (Å²) in [5.41, 5.74) is 1.63. The van der Waals surface area contributed by atoms with Gasteiger partial charge in [0.15, 0.2) is 23.0 Å². The lowest BCUT2D eigenvalue weighted by Crippen LogP contribution is -2.48. The van der Waals surface area contributed by atoms with Crippen LogP contribution in [0.15, 0.2) is 36.4 Å². The van der Waals surface area contributed by atoms with Crippen molar-refractivity contribution in [3.63, 3.8) is 0 Å². The molecule has 3 aromatic carbocycles. The van der Waals surface area contributed by atoms with Gasteiger partial charge in [-0.1, -0.05) is 6.07 Å². The molecule has 0 aliphatic carbocycles. The quantitative estimate of drug-likeness (QED) is 0.430. The number of amides is 1. The number of nitrogens with zero attached hydrogens (tertiary/aromatic N) is 2. The summed E-state index contributed by atoms with van der Waals surface area (Å²) in [5, 5.41) is 1.70. The van der Waals surface area contributed by atoms with E-state index < -0.39 is 0 Å². The molecule has 3 aromatic rings. The summed E-state index contributed by atoms with van der Waals surface area (Å²) < 4.78 is 33.1. The van der Waals surface area contributed by atoms with Crippen molar-refractivity contribution >= 4 is 16.7 Å². The Morgan fingerprint density at radius 1 is 0.676 bits per heavy atom. The molecule has 1 amide bonds. The Kier molecular flexibility index (Phi) is 8.13. The third kappa shape index (κ3) is 5.04. The lowest BCUT2D eigenvalue weighted by molar-refractivity contribution is 0.0627. The smallest absolute Gasteiger partial charge is 0.253 e. The van der Waals surface area contributed by atoms with Gasteiger partial charge in [0.2, 0.25) is 11.5 Å². The maximum atomic E-state index is 13.4. The lowest BCUT2D eigenvalue weighted by Gasteiger charge is -2.35. The van der Waals surface area contributed by atoms with Gasteiger partial charge in [0.1, 0.15) is 0 Å². The first-order valence-electron chi connectivity index (χ1n) is 12.0. The van der Waals surface area contributed by atoms with Gasteiger partial charge in [-0.3, -0.25) is 9.69 Å². The molecule has 0 N–H and O–H groups in total. The second-order valence-corrected chi connectivity index (χ2v) is 8.64. The summed E-state index contributed by atoms with van der Waals surface area (Å²) in [6, 6.07) is 11.3. The van der Waals surface area contributed by atoms with Crippen LogP contribution < -0.4 is 28.4 Å². The van der Waals surface area contributed by atoms with Crippen LogP contribution in [0.2, 0.25) is 0 Å². The minimum Gasteiger partial charge on any atom is -0.493 e. The number of carbonyl (C=O) groups is 1. The molecule has 0 radical (unpaired) electrons. The predicted octanol–water partition coefficient (Wildman–Crippen LogP) is 3.85. The van der Waals surface area contributed by atoms with Crippen molar-refractivity contribution in [3.05, 3.63) is 47.5 Å². The molecule has 9 nitrogen and oxygen atoms in total. The van der Waals surface area contributed by atoms with E-state index >= 15 is 0 Å². The summed E-state index contributed by atoms with van der Waals surface area (Å²) in [6.45, 7) is 3.43. The number of hydrogen-bond donors (Lipinski definition) is 0. The minimum absolute atomic E-state index is 0.000927.